The summed E-state index contributed by atoms with van der Waals surface area (Å²) in [5.74, 6) is 0.470. The minimum absolute atomic E-state index is 0.174. The minimum Gasteiger partial charge on any atom is -0.508 e. The molecule has 0 saturated heterocycles. The summed E-state index contributed by atoms with van der Waals surface area (Å²) < 4.78 is 0. The van der Waals surface area contributed by atoms with Crippen LogP contribution in [0.1, 0.15) is 56.4 Å². The van der Waals surface area contributed by atoms with Gasteiger partial charge in [-0.25, -0.2) is 9.78 Å². The Morgan fingerprint density at radius 3 is 1.61 bits per heavy atom. The molecule has 0 heterocycles. The predicted molar refractivity (Wildman–Crippen MR) is 89.1 cm³/mol. The first-order valence-corrected chi connectivity index (χ1v) is 8.04. The van der Waals surface area contributed by atoms with Crippen molar-refractivity contribution in [1.82, 2.24) is 0 Å². The summed E-state index contributed by atoms with van der Waals surface area (Å²) in [6.07, 6.45) is 2.19. The Balaban J connectivity index is 2.04. The Labute approximate surface area is 137 Å². The number of benzene rings is 2. The average molecular weight is 316 g/mol. The molecule has 124 valence electrons. The van der Waals surface area contributed by atoms with Crippen LogP contribution in [-0.2, 0) is 9.78 Å². The van der Waals surface area contributed by atoms with Gasteiger partial charge in [0, 0.05) is 0 Å². The number of rotatable bonds is 8. The zero-order valence-corrected chi connectivity index (χ0v) is 13.6. The van der Waals surface area contributed by atoms with E-state index >= 15 is 0 Å². The molecule has 2 aromatic carbocycles. The van der Waals surface area contributed by atoms with Crippen molar-refractivity contribution in [3.63, 3.8) is 0 Å². The van der Waals surface area contributed by atoms with Crippen LogP contribution in [0.5, 0.6) is 11.5 Å². The molecule has 0 aliphatic rings. The van der Waals surface area contributed by atoms with Gasteiger partial charge in [-0.3, -0.25) is 0 Å². The third-order valence-electron chi connectivity index (χ3n) is 3.74. The van der Waals surface area contributed by atoms with E-state index in [1.165, 1.54) is 0 Å². The number of hydrogen-bond acceptors (Lipinski definition) is 4. The van der Waals surface area contributed by atoms with Crippen LogP contribution >= 0.6 is 0 Å². The van der Waals surface area contributed by atoms with Crippen molar-refractivity contribution in [3.05, 3.63) is 59.7 Å². The summed E-state index contributed by atoms with van der Waals surface area (Å²) >= 11 is 0. The van der Waals surface area contributed by atoms with E-state index in [1.54, 1.807) is 24.3 Å². The molecule has 2 atom stereocenters. The molecule has 4 heteroatoms. The first-order chi connectivity index (χ1) is 11.1. The molecule has 0 aliphatic carbocycles. The molecule has 0 amide bonds. The Morgan fingerprint density at radius 1 is 0.739 bits per heavy atom. The van der Waals surface area contributed by atoms with E-state index in [0.717, 1.165) is 30.4 Å². The molecule has 2 unspecified atom stereocenters. The van der Waals surface area contributed by atoms with Gasteiger partial charge in [0.05, 0.1) is 0 Å². The molecule has 0 radical (unpaired) electrons. The van der Waals surface area contributed by atoms with Crippen LogP contribution in [0.15, 0.2) is 48.5 Å². The van der Waals surface area contributed by atoms with E-state index < -0.39 is 0 Å². The lowest BCUT2D eigenvalue weighted by atomic mass is 10.1. The van der Waals surface area contributed by atoms with Crippen LogP contribution in [0.4, 0.5) is 0 Å². The highest BCUT2D eigenvalue weighted by molar-refractivity contribution is 5.28. The summed E-state index contributed by atoms with van der Waals surface area (Å²) in [7, 11) is 0. The van der Waals surface area contributed by atoms with Gasteiger partial charge in [-0.1, -0.05) is 44.5 Å². The van der Waals surface area contributed by atoms with Gasteiger partial charge in [0.25, 0.3) is 0 Å². The first-order valence-electron chi connectivity index (χ1n) is 8.04. The van der Waals surface area contributed by atoms with E-state index in [2.05, 4.69) is 6.92 Å². The maximum Gasteiger partial charge on any atom is 0.118 e. The fraction of sp³-hybridized carbons (Fsp3) is 0.368. The molecule has 2 aromatic rings. The third kappa shape index (κ3) is 4.98. The monoisotopic (exact) mass is 316 g/mol. The van der Waals surface area contributed by atoms with E-state index in [1.807, 2.05) is 31.2 Å². The molecule has 4 nitrogen and oxygen atoms in total. The van der Waals surface area contributed by atoms with Gasteiger partial charge in [0.2, 0.25) is 0 Å². The molecule has 0 aliphatic heterocycles. The second kappa shape index (κ2) is 8.56. The first kappa shape index (κ1) is 17.3. The number of phenols is 2. The number of aromatic hydroxyl groups is 2. The second-order valence-electron chi connectivity index (χ2n) is 5.55. The molecular weight excluding hydrogens is 292 g/mol. The highest BCUT2D eigenvalue weighted by Crippen LogP contribution is 2.29. The molecule has 23 heavy (non-hydrogen) atoms. The van der Waals surface area contributed by atoms with Crippen molar-refractivity contribution in [2.24, 2.45) is 0 Å². The van der Waals surface area contributed by atoms with Crippen molar-refractivity contribution in [2.45, 2.75) is 45.3 Å². The zero-order valence-electron chi connectivity index (χ0n) is 13.6. The summed E-state index contributed by atoms with van der Waals surface area (Å²) in [6, 6.07) is 14.0. The Bertz CT molecular complexity index is 577. The Kier molecular flexibility index (Phi) is 6.44. The quantitative estimate of drug-likeness (QED) is 0.529. The lowest BCUT2D eigenvalue weighted by Crippen LogP contribution is -2.09. The summed E-state index contributed by atoms with van der Waals surface area (Å²) in [6.45, 7) is 4.12. The minimum atomic E-state index is -0.188. The molecule has 0 saturated carbocycles. The van der Waals surface area contributed by atoms with E-state index in [-0.39, 0.29) is 23.7 Å². The standard InChI is InChI=1S/C19H24O4/c1-3-5-19(15-8-12-17(21)13-9-15)23-22-18(4-2)14-6-10-16(20)11-7-14/h6-13,18-21H,3-5H2,1-2H3. The fourth-order valence-electron chi connectivity index (χ4n) is 2.40. The fourth-order valence-corrected chi connectivity index (χ4v) is 2.40. The average Bonchev–Trinajstić information content (AvgIpc) is 2.56. The molecule has 0 fully saturated rings. The maximum atomic E-state index is 9.40. The number of hydrogen-bond donors (Lipinski definition) is 2. The van der Waals surface area contributed by atoms with E-state index in [9.17, 15) is 10.2 Å². The topological polar surface area (TPSA) is 58.9 Å². The van der Waals surface area contributed by atoms with Crippen LogP contribution < -0.4 is 0 Å². The van der Waals surface area contributed by atoms with Gasteiger partial charge in [-0.2, -0.15) is 0 Å². The van der Waals surface area contributed by atoms with Crippen LogP contribution in [0.25, 0.3) is 0 Å². The van der Waals surface area contributed by atoms with Gasteiger partial charge in [-0.15, -0.1) is 0 Å². The Hall–Kier alpha value is -2.04. The van der Waals surface area contributed by atoms with E-state index in [0.29, 0.717) is 0 Å². The molecule has 0 aromatic heterocycles. The van der Waals surface area contributed by atoms with Gasteiger partial charge in [-0.05, 0) is 48.2 Å². The second-order valence-corrected chi connectivity index (χ2v) is 5.55. The number of phenolic OH excluding ortho intramolecular Hbond substituents is 2. The SMILES string of the molecule is CCCC(OOC(CC)c1ccc(O)cc1)c1ccc(O)cc1. The van der Waals surface area contributed by atoms with Crippen molar-refractivity contribution in [1.29, 1.82) is 0 Å². The van der Waals surface area contributed by atoms with Gasteiger partial charge in [0.1, 0.15) is 23.7 Å². The normalized spacial score (nSPS) is 13.7. The van der Waals surface area contributed by atoms with Crippen molar-refractivity contribution < 1.29 is 20.0 Å². The highest BCUT2D eigenvalue weighted by Gasteiger charge is 2.17. The Morgan fingerprint density at radius 2 is 1.17 bits per heavy atom. The van der Waals surface area contributed by atoms with Gasteiger partial charge >= 0.3 is 0 Å². The predicted octanol–water partition coefficient (Wildman–Crippen LogP) is 5.04. The smallest absolute Gasteiger partial charge is 0.118 e. The summed E-state index contributed by atoms with van der Waals surface area (Å²) in [5, 5.41) is 18.8. The molecule has 0 bridgehead atoms. The van der Waals surface area contributed by atoms with Gasteiger partial charge < -0.3 is 10.2 Å². The molecular formula is C19H24O4. The summed E-state index contributed by atoms with van der Waals surface area (Å²) in [5.41, 5.74) is 1.94. The van der Waals surface area contributed by atoms with Gasteiger partial charge in [0.15, 0.2) is 0 Å². The van der Waals surface area contributed by atoms with Crippen molar-refractivity contribution in [3.8, 4) is 11.5 Å². The van der Waals surface area contributed by atoms with Crippen molar-refractivity contribution >= 4 is 0 Å². The van der Waals surface area contributed by atoms with Crippen LogP contribution in [0.2, 0.25) is 0 Å². The zero-order chi connectivity index (χ0) is 16.7. The molecule has 2 rings (SSSR count). The largest absolute Gasteiger partial charge is 0.508 e. The maximum absolute atomic E-state index is 9.40. The van der Waals surface area contributed by atoms with Crippen LogP contribution in [-0.4, -0.2) is 10.2 Å². The molecule has 2 N–H and O–H groups in total. The highest BCUT2D eigenvalue weighted by atomic mass is 17.2. The molecule has 0 spiro atoms. The lowest BCUT2D eigenvalue weighted by Gasteiger charge is -2.21. The van der Waals surface area contributed by atoms with E-state index in [4.69, 9.17) is 9.78 Å². The van der Waals surface area contributed by atoms with Crippen LogP contribution in [0, 0.1) is 0 Å². The van der Waals surface area contributed by atoms with Crippen molar-refractivity contribution in [2.75, 3.05) is 0 Å². The van der Waals surface area contributed by atoms with Crippen LogP contribution in [0.3, 0.4) is 0 Å². The third-order valence-corrected chi connectivity index (χ3v) is 3.74. The summed E-state index contributed by atoms with van der Waals surface area (Å²) in [4.78, 5) is 11.4. The lowest BCUT2D eigenvalue weighted by molar-refractivity contribution is -0.358.